The lowest BCUT2D eigenvalue weighted by atomic mass is 9.84. The normalized spacial score (nSPS) is 16.2. The molecule has 0 atom stereocenters. The molecule has 2 rings (SSSR count). The molecule has 1 fully saturated rings. The van der Waals surface area contributed by atoms with Crippen LogP contribution in [0.3, 0.4) is 0 Å². The SMILES string of the molecule is CCc1ccc(C(C)(C)CNC(=NC)NCCCOCC2CCOCC2)cc1. The standard InChI is InChI=1S/C23H39N3O2/c1-5-19-7-9-21(10-8-19)23(2,3)18-26-22(24-4)25-13-6-14-28-17-20-11-15-27-16-12-20/h7-10,20H,5-6,11-18H2,1-4H3,(H2,24,25,26). The van der Waals surface area contributed by atoms with E-state index in [0.29, 0.717) is 5.92 Å². The fourth-order valence-corrected chi connectivity index (χ4v) is 3.36. The Morgan fingerprint density at radius 2 is 1.89 bits per heavy atom. The fraction of sp³-hybridized carbons (Fsp3) is 0.696. The van der Waals surface area contributed by atoms with Gasteiger partial charge in [-0.1, -0.05) is 45.0 Å². The molecule has 1 aromatic rings. The minimum absolute atomic E-state index is 0.0384. The molecule has 1 heterocycles. The van der Waals surface area contributed by atoms with Crippen molar-refractivity contribution < 1.29 is 9.47 Å². The van der Waals surface area contributed by atoms with Crippen LogP contribution in [0.2, 0.25) is 0 Å². The number of hydrogen-bond donors (Lipinski definition) is 2. The molecule has 0 bridgehead atoms. The Labute approximate surface area is 171 Å². The summed E-state index contributed by atoms with van der Waals surface area (Å²) >= 11 is 0. The average molecular weight is 390 g/mol. The molecule has 0 spiro atoms. The maximum atomic E-state index is 5.82. The largest absolute Gasteiger partial charge is 0.381 e. The third kappa shape index (κ3) is 7.80. The van der Waals surface area contributed by atoms with Crippen molar-refractivity contribution in [2.24, 2.45) is 10.9 Å². The predicted molar refractivity (Wildman–Crippen MR) is 117 cm³/mol. The topological polar surface area (TPSA) is 54.9 Å². The maximum absolute atomic E-state index is 5.82. The molecule has 2 N–H and O–H groups in total. The van der Waals surface area contributed by atoms with Crippen molar-refractivity contribution >= 4 is 5.96 Å². The van der Waals surface area contributed by atoms with Crippen LogP contribution in [0.4, 0.5) is 0 Å². The van der Waals surface area contributed by atoms with Crippen LogP contribution in [0.5, 0.6) is 0 Å². The smallest absolute Gasteiger partial charge is 0.191 e. The highest BCUT2D eigenvalue weighted by Gasteiger charge is 2.20. The van der Waals surface area contributed by atoms with Gasteiger partial charge < -0.3 is 20.1 Å². The van der Waals surface area contributed by atoms with Crippen molar-refractivity contribution in [3.05, 3.63) is 35.4 Å². The van der Waals surface area contributed by atoms with Crippen molar-refractivity contribution in [1.29, 1.82) is 0 Å². The summed E-state index contributed by atoms with van der Waals surface area (Å²) in [7, 11) is 1.82. The van der Waals surface area contributed by atoms with Gasteiger partial charge in [0.05, 0.1) is 0 Å². The van der Waals surface area contributed by atoms with Gasteiger partial charge in [0, 0.05) is 52.0 Å². The van der Waals surface area contributed by atoms with Crippen molar-refractivity contribution in [1.82, 2.24) is 10.6 Å². The average Bonchev–Trinajstić information content (AvgIpc) is 2.73. The molecule has 158 valence electrons. The number of hydrogen-bond acceptors (Lipinski definition) is 3. The minimum Gasteiger partial charge on any atom is -0.381 e. The summed E-state index contributed by atoms with van der Waals surface area (Å²) in [4.78, 5) is 4.34. The molecule has 0 saturated carbocycles. The Morgan fingerprint density at radius 1 is 1.18 bits per heavy atom. The third-order valence-corrected chi connectivity index (χ3v) is 5.52. The molecule has 0 radical (unpaired) electrons. The molecule has 0 aliphatic carbocycles. The summed E-state index contributed by atoms with van der Waals surface area (Å²) in [5.74, 6) is 1.52. The van der Waals surface area contributed by atoms with Crippen molar-refractivity contribution in [3.63, 3.8) is 0 Å². The van der Waals surface area contributed by atoms with Crippen LogP contribution in [0.15, 0.2) is 29.3 Å². The van der Waals surface area contributed by atoms with Gasteiger partial charge in [-0.05, 0) is 42.7 Å². The van der Waals surface area contributed by atoms with Crippen LogP contribution in [-0.2, 0) is 21.3 Å². The zero-order valence-corrected chi connectivity index (χ0v) is 18.2. The van der Waals surface area contributed by atoms with Crippen LogP contribution in [0.1, 0.15) is 51.2 Å². The van der Waals surface area contributed by atoms with Gasteiger partial charge in [0.1, 0.15) is 0 Å². The van der Waals surface area contributed by atoms with Gasteiger partial charge in [-0.25, -0.2) is 0 Å². The molecule has 5 heteroatoms. The number of aryl methyl sites for hydroxylation is 1. The molecule has 1 aliphatic rings. The molecule has 1 saturated heterocycles. The second kappa shape index (κ2) is 12.1. The van der Waals surface area contributed by atoms with Crippen molar-refractivity contribution in [2.75, 3.05) is 46.6 Å². The molecule has 1 aliphatic heterocycles. The van der Waals surface area contributed by atoms with Crippen LogP contribution in [0, 0.1) is 5.92 Å². The molecule has 0 unspecified atom stereocenters. The van der Waals surface area contributed by atoms with Crippen LogP contribution < -0.4 is 10.6 Å². The van der Waals surface area contributed by atoms with E-state index in [2.05, 4.69) is 60.7 Å². The summed E-state index contributed by atoms with van der Waals surface area (Å²) in [5, 5.41) is 6.85. The first-order valence-electron chi connectivity index (χ1n) is 10.7. The Kier molecular flexibility index (Phi) is 9.79. The number of guanidine groups is 1. The van der Waals surface area contributed by atoms with E-state index < -0.39 is 0 Å². The molecule has 0 amide bonds. The number of nitrogens with one attached hydrogen (secondary N) is 2. The summed E-state index contributed by atoms with van der Waals surface area (Å²) in [6, 6.07) is 8.94. The van der Waals surface area contributed by atoms with E-state index in [1.54, 1.807) is 0 Å². The Hall–Kier alpha value is -1.59. The van der Waals surface area contributed by atoms with E-state index in [1.165, 1.54) is 11.1 Å². The molecular formula is C23H39N3O2. The van der Waals surface area contributed by atoms with Gasteiger partial charge >= 0.3 is 0 Å². The quantitative estimate of drug-likeness (QED) is 0.365. The highest BCUT2D eigenvalue weighted by molar-refractivity contribution is 5.79. The molecular weight excluding hydrogens is 350 g/mol. The summed E-state index contributed by atoms with van der Waals surface area (Å²) in [6.45, 7) is 11.8. The highest BCUT2D eigenvalue weighted by atomic mass is 16.5. The predicted octanol–water partition coefficient (Wildman–Crippen LogP) is 3.52. The Bertz CT molecular complexity index is 578. The summed E-state index contributed by atoms with van der Waals surface area (Å²) < 4.78 is 11.2. The Morgan fingerprint density at radius 3 is 2.54 bits per heavy atom. The number of ether oxygens (including phenoxy) is 2. The van der Waals surface area contributed by atoms with E-state index in [4.69, 9.17) is 9.47 Å². The second-order valence-electron chi connectivity index (χ2n) is 8.27. The minimum atomic E-state index is 0.0384. The van der Waals surface area contributed by atoms with Gasteiger partial charge in [-0.3, -0.25) is 4.99 Å². The van der Waals surface area contributed by atoms with Crippen molar-refractivity contribution in [2.45, 2.75) is 51.9 Å². The van der Waals surface area contributed by atoms with Gasteiger partial charge in [-0.2, -0.15) is 0 Å². The lowest BCUT2D eigenvalue weighted by Gasteiger charge is -2.27. The monoisotopic (exact) mass is 389 g/mol. The van der Waals surface area contributed by atoms with E-state index in [-0.39, 0.29) is 5.41 Å². The molecule has 0 aromatic heterocycles. The first-order valence-corrected chi connectivity index (χ1v) is 10.7. The van der Waals surface area contributed by atoms with Gasteiger partial charge in [0.15, 0.2) is 5.96 Å². The molecule has 5 nitrogen and oxygen atoms in total. The number of benzene rings is 1. The number of aliphatic imine (C=N–C) groups is 1. The second-order valence-corrected chi connectivity index (χ2v) is 8.27. The van der Waals surface area contributed by atoms with E-state index in [1.807, 2.05) is 7.05 Å². The maximum Gasteiger partial charge on any atom is 0.191 e. The van der Waals surface area contributed by atoms with E-state index in [0.717, 1.165) is 71.2 Å². The van der Waals surface area contributed by atoms with Gasteiger partial charge in [0.2, 0.25) is 0 Å². The Balaban J connectivity index is 1.63. The zero-order valence-electron chi connectivity index (χ0n) is 18.2. The molecule has 28 heavy (non-hydrogen) atoms. The highest BCUT2D eigenvalue weighted by Crippen LogP contribution is 2.22. The zero-order chi connectivity index (χ0) is 20.2. The summed E-state index contributed by atoms with van der Waals surface area (Å²) in [5.41, 5.74) is 2.76. The van der Waals surface area contributed by atoms with E-state index in [9.17, 15) is 0 Å². The van der Waals surface area contributed by atoms with Gasteiger partial charge in [-0.15, -0.1) is 0 Å². The number of rotatable bonds is 10. The van der Waals surface area contributed by atoms with Crippen LogP contribution in [-0.4, -0.2) is 52.5 Å². The lowest BCUT2D eigenvalue weighted by Crippen LogP contribution is -2.43. The van der Waals surface area contributed by atoms with Crippen molar-refractivity contribution in [3.8, 4) is 0 Å². The first-order chi connectivity index (χ1) is 13.5. The summed E-state index contributed by atoms with van der Waals surface area (Å²) in [6.07, 6.45) is 4.32. The number of nitrogens with zero attached hydrogens (tertiary/aromatic N) is 1. The first kappa shape index (κ1) is 22.7. The third-order valence-electron chi connectivity index (χ3n) is 5.52. The lowest BCUT2D eigenvalue weighted by molar-refractivity contribution is 0.0203. The molecule has 1 aromatic carbocycles. The van der Waals surface area contributed by atoms with E-state index >= 15 is 0 Å². The van der Waals surface area contributed by atoms with Crippen LogP contribution >= 0.6 is 0 Å². The fourth-order valence-electron chi connectivity index (χ4n) is 3.36. The van der Waals surface area contributed by atoms with Crippen LogP contribution in [0.25, 0.3) is 0 Å². The van der Waals surface area contributed by atoms with Gasteiger partial charge in [0.25, 0.3) is 0 Å².